The number of fused-ring (bicyclic) bond motifs is 4. The van der Waals surface area contributed by atoms with Crippen molar-refractivity contribution >= 4 is 44.1 Å². The van der Waals surface area contributed by atoms with Crippen molar-refractivity contribution in [2.75, 3.05) is 18.1 Å². The summed E-state index contributed by atoms with van der Waals surface area (Å²) in [6, 6.07) is 5.90. The van der Waals surface area contributed by atoms with Gasteiger partial charge in [0, 0.05) is 22.3 Å². The number of ether oxygens (including phenoxy) is 1. The molecule has 4 aromatic rings. The highest BCUT2D eigenvalue weighted by Crippen LogP contribution is 2.38. The first-order valence-corrected chi connectivity index (χ1v) is 9.22. The van der Waals surface area contributed by atoms with Gasteiger partial charge in [-0.1, -0.05) is 22.0 Å². The van der Waals surface area contributed by atoms with Gasteiger partial charge in [0.25, 0.3) is 5.78 Å². The first-order chi connectivity index (χ1) is 13.1. The number of anilines is 2. The molecule has 0 N–H and O–H groups in total. The van der Waals surface area contributed by atoms with Gasteiger partial charge in [-0.3, -0.25) is 9.38 Å². The molecule has 0 saturated heterocycles. The van der Waals surface area contributed by atoms with E-state index < -0.39 is 5.82 Å². The molecule has 27 heavy (non-hydrogen) atoms. The lowest BCUT2D eigenvalue weighted by Crippen LogP contribution is -2.23. The second-order valence-corrected chi connectivity index (χ2v) is 7.13. The number of aryl methyl sites for hydroxylation is 1. The maximum Gasteiger partial charge on any atom is 0.257 e. The molecule has 0 saturated carbocycles. The number of halogens is 2. The standard InChI is InChI=1S/C18H14BrFN6O/c1-10-23-24-18-22-17(16-13(20)7-21-8-15(16)26(10)18)25-5-6-27-9-11-12(19)3-2-4-14(11)25/h2-4,7-8H,5-6,9H2,1H3. The van der Waals surface area contributed by atoms with Gasteiger partial charge in [-0.05, 0) is 19.1 Å². The van der Waals surface area contributed by atoms with E-state index in [0.717, 1.165) is 15.7 Å². The van der Waals surface area contributed by atoms with Crippen molar-refractivity contribution in [2.45, 2.75) is 13.5 Å². The molecule has 0 unspecified atom stereocenters. The number of rotatable bonds is 1. The average molecular weight is 429 g/mol. The van der Waals surface area contributed by atoms with Crippen molar-refractivity contribution in [3.8, 4) is 0 Å². The third kappa shape index (κ3) is 2.49. The maximum atomic E-state index is 14.9. The topological polar surface area (TPSA) is 68.4 Å². The van der Waals surface area contributed by atoms with Crippen LogP contribution >= 0.6 is 15.9 Å². The third-order valence-electron chi connectivity index (χ3n) is 4.70. The number of hydrogen-bond donors (Lipinski definition) is 0. The monoisotopic (exact) mass is 428 g/mol. The zero-order chi connectivity index (χ0) is 18.5. The van der Waals surface area contributed by atoms with Crippen LogP contribution in [0, 0.1) is 12.7 Å². The van der Waals surface area contributed by atoms with Crippen LogP contribution in [0.2, 0.25) is 0 Å². The van der Waals surface area contributed by atoms with Crippen LogP contribution in [0.5, 0.6) is 0 Å². The quantitative estimate of drug-likeness (QED) is 0.461. The second-order valence-electron chi connectivity index (χ2n) is 6.28. The minimum atomic E-state index is -0.438. The molecule has 0 atom stereocenters. The fourth-order valence-corrected chi connectivity index (χ4v) is 3.95. The van der Waals surface area contributed by atoms with Gasteiger partial charge in [0.2, 0.25) is 0 Å². The molecule has 0 fully saturated rings. The van der Waals surface area contributed by atoms with Crippen LogP contribution in [0.15, 0.2) is 35.1 Å². The highest BCUT2D eigenvalue weighted by molar-refractivity contribution is 9.10. The van der Waals surface area contributed by atoms with Crippen LogP contribution in [-0.4, -0.2) is 37.7 Å². The highest BCUT2D eigenvalue weighted by Gasteiger charge is 2.25. The Labute approximate surface area is 161 Å². The normalized spacial score (nSPS) is 14.6. The van der Waals surface area contributed by atoms with Gasteiger partial charge in [-0.2, -0.15) is 4.98 Å². The molecule has 5 rings (SSSR count). The Morgan fingerprint density at radius 3 is 3.00 bits per heavy atom. The average Bonchev–Trinajstić information content (AvgIpc) is 2.90. The minimum Gasteiger partial charge on any atom is -0.375 e. The predicted molar refractivity (Wildman–Crippen MR) is 102 cm³/mol. The van der Waals surface area contributed by atoms with Crippen LogP contribution in [-0.2, 0) is 11.3 Å². The van der Waals surface area contributed by atoms with E-state index in [1.165, 1.54) is 6.20 Å². The van der Waals surface area contributed by atoms with Crippen molar-refractivity contribution in [2.24, 2.45) is 0 Å². The van der Waals surface area contributed by atoms with Gasteiger partial charge in [0.05, 0.1) is 36.5 Å². The van der Waals surface area contributed by atoms with Crippen LogP contribution in [0.3, 0.4) is 0 Å². The third-order valence-corrected chi connectivity index (χ3v) is 5.45. The predicted octanol–water partition coefficient (Wildman–Crippen LogP) is 3.55. The summed E-state index contributed by atoms with van der Waals surface area (Å²) >= 11 is 3.59. The van der Waals surface area contributed by atoms with Gasteiger partial charge < -0.3 is 9.64 Å². The number of pyridine rings is 1. The summed E-state index contributed by atoms with van der Waals surface area (Å²) in [7, 11) is 0. The Morgan fingerprint density at radius 2 is 2.11 bits per heavy atom. The molecule has 0 amide bonds. The van der Waals surface area contributed by atoms with Crippen molar-refractivity contribution in [3.63, 3.8) is 0 Å². The summed E-state index contributed by atoms with van der Waals surface area (Å²) in [4.78, 5) is 10.6. The molecule has 1 aliphatic heterocycles. The molecule has 9 heteroatoms. The summed E-state index contributed by atoms with van der Waals surface area (Å²) in [5, 5.41) is 8.61. The van der Waals surface area contributed by atoms with Gasteiger partial charge in [-0.25, -0.2) is 4.39 Å². The molecule has 1 aromatic carbocycles. The SMILES string of the molecule is Cc1nnc2nc(N3CCOCc4c(Br)cccc43)c3c(F)cncc3n12. The van der Waals surface area contributed by atoms with E-state index in [4.69, 9.17) is 4.74 Å². The number of hydrogen-bond acceptors (Lipinski definition) is 6. The summed E-state index contributed by atoms with van der Waals surface area (Å²) in [6.45, 7) is 3.31. The van der Waals surface area contributed by atoms with E-state index in [9.17, 15) is 4.39 Å². The fourth-order valence-electron chi connectivity index (χ4n) is 3.48. The Hall–Kier alpha value is -2.65. The van der Waals surface area contributed by atoms with Gasteiger partial charge in [0.1, 0.15) is 11.6 Å². The molecule has 136 valence electrons. The Morgan fingerprint density at radius 1 is 1.22 bits per heavy atom. The lowest BCUT2D eigenvalue weighted by atomic mass is 10.1. The zero-order valence-electron chi connectivity index (χ0n) is 14.4. The first-order valence-electron chi connectivity index (χ1n) is 8.43. The number of aromatic nitrogens is 5. The Bertz CT molecular complexity index is 1190. The van der Waals surface area contributed by atoms with E-state index in [-0.39, 0.29) is 0 Å². The fraction of sp³-hybridized carbons (Fsp3) is 0.222. The van der Waals surface area contributed by atoms with Crippen LogP contribution in [0.1, 0.15) is 11.4 Å². The number of nitrogens with zero attached hydrogens (tertiary/aromatic N) is 6. The largest absolute Gasteiger partial charge is 0.375 e. The summed E-state index contributed by atoms with van der Waals surface area (Å²) < 4.78 is 23.3. The molecule has 3 aromatic heterocycles. The molecule has 1 aliphatic rings. The Balaban J connectivity index is 1.87. The van der Waals surface area contributed by atoms with E-state index in [2.05, 4.69) is 36.1 Å². The molecule has 0 spiro atoms. The van der Waals surface area contributed by atoms with Crippen LogP contribution < -0.4 is 4.90 Å². The minimum absolute atomic E-state index is 0.383. The lowest BCUT2D eigenvalue weighted by molar-refractivity contribution is 0.133. The first kappa shape index (κ1) is 16.5. The van der Waals surface area contributed by atoms with E-state index >= 15 is 0 Å². The summed E-state index contributed by atoms with van der Waals surface area (Å²) in [6.07, 6.45) is 2.82. The molecule has 0 bridgehead atoms. The van der Waals surface area contributed by atoms with E-state index in [0.29, 0.717) is 48.1 Å². The van der Waals surface area contributed by atoms with Crippen molar-refractivity contribution in [1.29, 1.82) is 0 Å². The van der Waals surface area contributed by atoms with Gasteiger partial charge in [0.15, 0.2) is 5.82 Å². The molecule has 4 heterocycles. The molecule has 0 aliphatic carbocycles. The maximum absolute atomic E-state index is 14.9. The van der Waals surface area contributed by atoms with Crippen molar-refractivity contribution < 1.29 is 9.13 Å². The summed E-state index contributed by atoms with van der Waals surface area (Å²) in [5.74, 6) is 1.08. The van der Waals surface area contributed by atoms with Gasteiger partial charge >= 0.3 is 0 Å². The van der Waals surface area contributed by atoms with Crippen LogP contribution in [0.4, 0.5) is 15.9 Å². The lowest BCUT2D eigenvalue weighted by Gasteiger charge is -2.25. The van der Waals surface area contributed by atoms with Crippen molar-refractivity contribution in [1.82, 2.24) is 24.6 Å². The van der Waals surface area contributed by atoms with Gasteiger partial charge in [-0.15, -0.1) is 10.2 Å². The molecule has 0 radical (unpaired) electrons. The highest BCUT2D eigenvalue weighted by atomic mass is 79.9. The second kappa shape index (κ2) is 6.21. The molecule has 7 nitrogen and oxygen atoms in total. The number of benzene rings is 1. The van der Waals surface area contributed by atoms with E-state index in [1.807, 2.05) is 23.1 Å². The molecular formula is C18H14BrFN6O. The van der Waals surface area contributed by atoms with Crippen molar-refractivity contribution in [3.05, 3.63) is 52.3 Å². The summed E-state index contributed by atoms with van der Waals surface area (Å²) in [5.41, 5.74) is 2.50. The molecular weight excluding hydrogens is 415 g/mol. The Kier molecular flexibility index (Phi) is 3.80. The van der Waals surface area contributed by atoms with E-state index in [1.54, 1.807) is 17.5 Å². The van der Waals surface area contributed by atoms with Crippen LogP contribution in [0.25, 0.3) is 16.7 Å². The smallest absolute Gasteiger partial charge is 0.257 e. The zero-order valence-corrected chi connectivity index (χ0v) is 15.9.